The van der Waals surface area contributed by atoms with E-state index in [9.17, 15) is 0 Å². The summed E-state index contributed by atoms with van der Waals surface area (Å²) in [6.07, 6.45) is 0. The molecule has 0 aliphatic carbocycles. The summed E-state index contributed by atoms with van der Waals surface area (Å²) in [5.41, 5.74) is 10.9. The van der Waals surface area contributed by atoms with E-state index in [0.29, 0.717) is 0 Å². The number of hydrogen-bond acceptors (Lipinski definition) is 2. The molecule has 0 aromatic heterocycles. The van der Waals surface area contributed by atoms with Crippen LogP contribution in [0.2, 0.25) is 0 Å². The summed E-state index contributed by atoms with van der Waals surface area (Å²) < 4.78 is 10.1. The van der Waals surface area contributed by atoms with Crippen molar-refractivity contribution >= 4 is 39.1 Å². The second-order valence-corrected chi connectivity index (χ2v) is 8.41. The third-order valence-corrected chi connectivity index (χ3v) is 4.90. The van der Waals surface area contributed by atoms with Gasteiger partial charge in [-0.2, -0.15) is 0 Å². The van der Waals surface area contributed by atoms with Crippen molar-refractivity contribution in [1.82, 2.24) is 0 Å². The van der Waals surface area contributed by atoms with Gasteiger partial charge in [-0.25, -0.2) is 0 Å². The Morgan fingerprint density at radius 3 is 0.933 bits per heavy atom. The Labute approximate surface area is 117 Å². The molecule has 0 aromatic carbocycles. The molecule has 0 saturated carbocycles. The van der Waals surface area contributed by atoms with Gasteiger partial charge in [0.15, 0.2) is 0 Å². The molecule has 0 heterocycles. The maximum atomic E-state index is 5.06. The van der Waals surface area contributed by atoms with E-state index in [2.05, 4.69) is 49.1 Å². The number of rotatable bonds is 8. The van der Waals surface area contributed by atoms with Crippen LogP contribution in [-0.2, 0) is 29.3 Å². The summed E-state index contributed by atoms with van der Waals surface area (Å²) in [7, 11) is -1.96. The van der Waals surface area contributed by atoms with Crippen LogP contribution < -0.4 is 0 Å². The summed E-state index contributed by atoms with van der Waals surface area (Å²) in [4.78, 5) is 0. The van der Waals surface area contributed by atoms with Crippen molar-refractivity contribution in [2.45, 2.75) is 0 Å². The van der Waals surface area contributed by atoms with Gasteiger partial charge in [0.25, 0.3) is 0 Å². The molecule has 0 spiro atoms. The van der Waals surface area contributed by atoms with E-state index >= 15 is 0 Å². The molecule has 0 amide bonds. The van der Waals surface area contributed by atoms with Crippen LogP contribution in [0, 0.1) is 22.8 Å². The predicted octanol–water partition coefficient (Wildman–Crippen LogP) is -1.87. The topological polar surface area (TPSA) is 18.5 Å². The predicted molar refractivity (Wildman–Crippen MR) is 71.8 cm³/mol. The molecular formula is C8H16O2PtSi4. The van der Waals surface area contributed by atoms with Crippen molar-refractivity contribution < 1.29 is 29.3 Å². The average Bonchev–Trinajstić information content (AvgIpc) is 2.21. The SMILES string of the molecule is C=[C-][SiH2]O[SiH2][C-]=C.C=[C-][SiH2]O[SiH2][C-]=C.[Pt+4]. The van der Waals surface area contributed by atoms with E-state index in [1.807, 2.05) is 0 Å². The molecule has 0 bridgehead atoms. The molecule has 15 heavy (non-hydrogen) atoms. The zero-order valence-corrected chi connectivity index (χ0v) is 16.7. The van der Waals surface area contributed by atoms with Crippen molar-refractivity contribution in [3.8, 4) is 0 Å². The van der Waals surface area contributed by atoms with Gasteiger partial charge in [0.05, 0.1) is 0 Å². The van der Waals surface area contributed by atoms with Gasteiger partial charge in [0.1, 0.15) is 0 Å². The van der Waals surface area contributed by atoms with Gasteiger partial charge < -0.3 is 31.0 Å². The van der Waals surface area contributed by atoms with E-state index in [-0.39, 0.29) is 21.1 Å². The van der Waals surface area contributed by atoms with Gasteiger partial charge in [-0.05, 0) is 39.1 Å². The first-order valence-electron chi connectivity index (χ1n) is 3.98. The Kier molecular flexibility index (Phi) is 33.2. The molecule has 0 atom stereocenters. The van der Waals surface area contributed by atoms with E-state index in [4.69, 9.17) is 8.23 Å². The molecule has 0 aliphatic heterocycles. The molecule has 2 nitrogen and oxygen atoms in total. The Hall–Kier alpha value is 0.436. The first-order valence-corrected chi connectivity index (χ1v) is 9.12. The van der Waals surface area contributed by atoms with Crippen LogP contribution in [0.3, 0.4) is 0 Å². The van der Waals surface area contributed by atoms with Crippen LogP contribution in [-0.4, -0.2) is 39.1 Å². The van der Waals surface area contributed by atoms with Gasteiger partial charge in [0.2, 0.25) is 0 Å². The second-order valence-electron chi connectivity index (χ2n) is 1.99. The summed E-state index contributed by atoms with van der Waals surface area (Å²) in [6, 6.07) is 0. The zero-order valence-electron chi connectivity index (χ0n) is 8.79. The molecule has 0 radical (unpaired) electrons. The summed E-state index contributed by atoms with van der Waals surface area (Å²) >= 11 is 0. The smallest absolute Gasteiger partial charge is 0.520 e. The van der Waals surface area contributed by atoms with E-state index < -0.39 is 39.1 Å². The Bertz CT molecular complexity index is 133. The van der Waals surface area contributed by atoms with Crippen LogP contribution in [0.4, 0.5) is 0 Å². The maximum absolute atomic E-state index is 5.06. The summed E-state index contributed by atoms with van der Waals surface area (Å²) in [6.45, 7) is 13.7. The molecule has 0 aromatic rings. The molecule has 0 unspecified atom stereocenters. The molecular weight excluding hydrogens is 436 g/mol. The fraction of sp³-hybridized carbons (Fsp3) is 0. The summed E-state index contributed by atoms with van der Waals surface area (Å²) in [5, 5.41) is 0. The zero-order chi connectivity index (χ0) is 11.1. The Balaban J connectivity index is -0.000000180. The van der Waals surface area contributed by atoms with Gasteiger partial charge >= 0.3 is 21.1 Å². The fourth-order valence-corrected chi connectivity index (χ4v) is 3.52. The number of hydrogen-bond donors (Lipinski definition) is 0. The quantitative estimate of drug-likeness (QED) is 0.245. The molecule has 0 saturated heterocycles. The van der Waals surface area contributed by atoms with Crippen LogP contribution in [0.25, 0.3) is 0 Å². The second kappa shape index (κ2) is 23.9. The van der Waals surface area contributed by atoms with Crippen LogP contribution in [0.1, 0.15) is 0 Å². The van der Waals surface area contributed by atoms with Crippen molar-refractivity contribution in [3.63, 3.8) is 0 Å². The Morgan fingerprint density at radius 1 is 0.600 bits per heavy atom. The first kappa shape index (κ1) is 20.8. The van der Waals surface area contributed by atoms with Gasteiger partial charge in [-0.1, -0.05) is 0 Å². The molecule has 0 aliphatic rings. The fourth-order valence-electron chi connectivity index (χ4n) is 0.391. The van der Waals surface area contributed by atoms with E-state index in [0.717, 1.165) is 0 Å². The minimum atomic E-state index is -0.491. The molecule has 7 heteroatoms. The van der Waals surface area contributed by atoms with Gasteiger partial charge in [0, 0.05) is 0 Å². The van der Waals surface area contributed by atoms with Crippen molar-refractivity contribution in [3.05, 3.63) is 49.1 Å². The van der Waals surface area contributed by atoms with Gasteiger partial charge in [-0.3, -0.25) is 26.3 Å². The molecule has 86 valence electrons. The van der Waals surface area contributed by atoms with Crippen molar-refractivity contribution in [1.29, 1.82) is 0 Å². The maximum Gasteiger partial charge on any atom is 4.00 e. The van der Waals surface area contributed by atoms with Gasteiger partial charge in [-0.15, -0.1) is 0 Å². The Morgan fingerprint density at radius 2 is 0.800 bits per heavy atom. The monoisotopic (exact) mass is 451 g/mol. The first-order chi connectivity index (χ1) is 6.83. The van der Waals surface area contributed by atoms with Crippen molar-refractivity contribution in [2.75, 3.05) is 0 Å². The minimum Gasteiger partial charge on any atom is -0.520 e. The standard InChI is InChI=1S/2C4H8OSi2.Pt/c2*1-3-6-5-7-4-2;/h2*1-2,6-7H2;/q2*-2;+4. The average molecular weight is 452 g/mol. The van der Waals surface area contributed by atoms with E-state index in [1.165, 1.54) is 0 Å². The largest absolute Gasteiger partial charge is 4.00 e. The van der Waals surface area contributed by atoms with Crippen LogP contribution >= 0.6 is 0 Å². The minimum absolute atomic E-state index is 0. The molecule has 0 N–H and O–H groups in total. The van der Waals surface area contributed by atoms with Crippen molar-refractivity contribution in [2.24, 2.45) is 0 Å². The summed E-state index contributed by atoms with van der Waals surface area (Å²) in [5.74, 6) is 0. The van der Waals surface area contributed by atoms with E-state index in [1.54, 1.807) is 0 Å². The van der Waals surface area contributed by atoms with Crippen LogP contribution in [0.15, 0.2) is 26.3 Å². The van der Waals surface area contributed by atoms with Crippen LogP contribution in [0.5, 0.6) is 0 Å². The third kappa shape index (κ3) is 31.4. The molecule has 0 fully saturated rings. The molecule has 0 rings (SSSR count). The third-order valence-electron chi connectivity index (χ3n) is 0.816. The normalized spacial score (nSPS) is 10.7.